The van der Waals surface area contributed by atoms with Crippen LogP contribution in [0.15, 0.2) is 58.5 Å². The minimum absolute atomic E-state index is 0.0214. The summed E-state index contributed by atoms with van der Waals surface area (Å²) in [6.07, 6.45) is 3.88. The van der Waals surface area contributed by atoms with Crippen LogP contribution >= 0.6 is 23.1 Å². The van der Waals surface area contributed by atoms with Crippen LogP contribution in [-0.2, 0) is 11.5 Å². The Bertz CT molecular complexity index is 1350. The van der Waals surface area contributed by atoms with Crippen LogP contribution in [0.3, 0.4) is 0 Å². The van der Waals surface area contributed by atoms with Crippen molar-refractivity contribution < 1.29 is 4.74 Å². The molecule has 1 atom stereocenters. The molecule has 0 fully saturated rings. The third kappa shape index (κ3) is 6.76. The van der Waals surface area contributed by atoms with Gasteiger partial charge < -0.3 is 4.74 Å². The lowest BCUT2D eigenvalue weighted by atomic mass is 9.98. The molecular weight excluding hydrogens is 505 g/mol. The number of thiazole rings is 1. The van der Waals surface area contributed by atoms with Gasteiger partial charge in [0.1, 0.15) is 6.73 Å². The number of hydrogen-bond acceptors (Lipinski definition) is 6. The second kappa shape index (κ2) is 11.5. The third-order valence-corrected chi connectivity index (χ3v) is 10.1. The van der Waals surface area contributed by atoms with Gasteiger partial charge in [-0.1, -0.05) is 57.8 Å². The van der Waals surface area contributed by atoms with Crippen LogP contribution in [0.5, 0.6) is 0 Å². The van der Waals surface area contributed by atoms with Gasteiger partial charge in [-0.3, -0.25) is 9.36 Å². The zero-order valence-electron chi connectivity index (χ0n) is 22.0. The van der Waals surface area contributed by atoms with Gasteiger partial charge in [-0.2, -0.15) is 5.10 Å². The van der Waals surface area contributed by atoms with E-state index in [9.17, 15) is 4.79 Å². The number of benzene rings is 1. The van der Waals surface area contributed by atoms with Crippen molar-refractivity contribution in [2.45, 2.75) is 64.0 Å². The van der Waals surface area contributed by atoms with Crippen molar-refractivity contribution in [2.24, 2.45) is 5.92 Å². The molecule has 1 aromatic carbocycles. The van der Waals surface area contributed by atoms with E-state index in [0.29, 0.717) is 19.3 Å². The summed E-state index contributed by atoms with van der Waals surface area (Å²) in [5, 5.41) is 4.80. The van der Waals surface area contributed by atoms with Crippen LogP contribution in [0.25, 0.3) is 16.0 Å². The van der Waals surface area contributed by atoms with Crippen molar-refractivity contribution in [3.8, 4) is 5.82 Å². The summed E-state index contributed by atoms with van der Waals surface area (Å²) >= 11 is 3.10. The highest BCUT2D eigenvalue weighted by molar-refractivity contribution is 7.99. The number of thioether (sulfide) groups is 1. The second-order valence-corrected chi connectivity index (χ2v) is 18.5. The fourth-order valence-corrected chi connectivity index (χ4v) is 6.23. The van der Waals surface area contributed by atoms with E-state index in [4.69, 9.17) is 9.84 Å². The Hall–Kier alpha value is -2.20. The monoisotopic (exact) mass is 540 g/mol. The minimum atomic E-state index is -1.15. The maximum absolute atomic E-state index is 12.6. The summed E-state index contributed by atoms with van der Waals surface area (Å²) < 4.78 is 10.4. The summed E-state index contributed by atoms with van der Waals surface area (Å²) in [5.41, 5.74) is 3.03. The molecule has 4 rings (SSSR count). The average molecular weight is 541 g/mol. The van der Waals surface area contributed by atoms with E-state index in [0.717, 1.165) is 39.1 Å². The van der Waals surface area contributed by atoms with E-state index in [1.807, 2.05) is 47.0 Å². The molecule has 0 spiro atoms. The zero-order valence-corrected chi connectivity index (χ0v) is 24.7. The topological polar surface area (TPSA) is 61.9 Å². The van der Waals surface area contributed by atoms with Crippen LogP contribution in [0.2, 0.25) is 25.7 Å². The van der Waals surface area contributed by atoms with Gasteiger partial charge in [0.2, 0.25) is 0 Å². The quantitative estimate of drug-likeness (QED) is 0.118. The van der Waals surface area contributed by atoms with Gasteiger partial charge in [-0.05, 0) is 47.9 Å². The highest BCUT2D eigenvalue weighted by Gasteiger charge is 2.16. The number of fused-ring (bicyclic) bond motifs is 1. The van der Waals surface area contributed by atoms with Crippen molar-refractivity contribution >= 4 is 41.4 Å². The lowest BCUT2D eigenvalue weighted by Crippen LogP contribution is -2.23. The van der Waals surface area contributed by atoms with Gasteiger partial charge in [0.15, 0.2) is 5.82 Å². The first-order valence-corrected chi connectivity index (χ1v) is 18.0. The van der Waals surface area contributed by atoms with E-state index in [-0.39, 0.29) is 10.8 Å². The molecule has 1 unspecified atom stereocenters. The lowest BCUT2D eigenvalue weighted by Gasteiger charge is -2.15. The SMILES string of the molecule is CC(C)CSc1ccc(-n2ccc(C(C)c3ccc4c(c3)sc(=O)n4COCC[Si](C)(C)C)n2)nc1. The van der Waals surface area contributed by atoms with Gasteiger partial charge in [0, 0.05) is 43.6 Å². The highest BCUT2D eigenvalue weighted by atomic mass is 32.2. The fraction of sp³-hybridized carbons (Fsp3) is 0.444. The van der Waals surface area contributed by atoms with Crippen LogP contribution < -0.4 is 4.87 Å². The number of pyridine rings is 1. The predicted octanol–water partition coefficient (Wildman–Crippen LogP) is 6.86. The van der Waals surface area contributed by atoms with Gasteiger partial charge in [-0.25, -0.2) is 9.67 Å². The van der Waals surface area contributed by atoms with E-state index >= 15 is 0 Å². The molecule has 0 saturated heterocycles. The summed E-state index contributed by atoms with van der Waals surface area (Å²) in [6.45, 7) is 14.6. The molecule has 0 radical (unpaired) electrons. The summed E-state index contributed by atoms with van der Waals surface area (Å²) in [7, 11) is -1.15. The van der Waals surface area contributed by atoms with Crippen molar-refractivity contribution in [1.29, 1.82) is 0 Å². The Morgan fingerprint density at radius 1 is 1.11 bits per heavy atom. The molecule has 0 aliphatic carbocycles. The Morgan fingerprint density at radius 2 is 1.92 bits per heavy atom. The first-order chi connectivity index (χ1) is 17.1. The maximum atomic E-state index is 12.6. The molecule has 0 saturated carbocycles. The number of hydrogen-bond donors (Lipinski definition) is 0. The van der Waals surface area contributed by atoms with Crippen LogP contribution in [-0.4, -0.2) is 39.8 Å². The molecule has 36 heavy (non-hydrogen) atoms. The molecule has 3 aromatic heterocycles. The first kappa shape index (κ1) is 26.8. The van der Waals surface area contributed by atoms with E-state index < -0.39 is 8.07 Å². The minimum Gasteiger partial charge on any atom is -0.361 e. The molecule has 0 bridgehead atoms. The molecule has 0 aliphatic rings. The molecule has 192 valence electrons. The van der Waals surface area contributed by atoms with Gasteiger partial charge in [0.05, 0.1) is 15.9 Å². The molecule has 4 aromatic rings. The smallest absolute Gasteiger partial charge is 0.310 e. The molecule has 6 nitrogen and oxygen atoms in total. The summed E-state index contributed by atoms with van der Waals surface area (Å²) in [4.78, 5) is 18.4. The van der Waals surface area contributed by atoms with Crippen LogP contribution in [0, 0.1) is 5.92 Å². The number of nitrogens with zero attached hydrogens (tertiary/aromatic N) is 4. The van der Waals surface area contributed by atoms with Gasteiger partial charge in [-0.15, -0.1) is 11.8 Å². The maximum Gasteiger partial charge on any atom is 0.310 e. The Morgan fingerprint density at radius 3 is 2.61 bits per heavy atom. The second-order valence-electron chi connectivity index (χ2n) is 10.8. The van der Waals surface area contributed by atoms with Crippen molar-refractivity contribution in [2.75, 3.05) is 12.4 Å². The van der Waals surface area contributed by atoms with E-state index in [2.05, 4.69) is 63.6 Å². The molecule has 0 amide bonds. The van der Waals surface area contributed by atoms with Gasteiger partial charge in [0.25, 0.3) is 0 Å². The number of aromatic nitrogens is 4. The van der Waals surface area contributed by atoms with Crippen LogP contribution in [0.4, 0.5) is 0 Å². The number of ether oxygens (including phenoxy) is 1. The van der Waals surface area contributed by atoms with Crippen LogP contribution in [0.1, 0.15) is 37.9 Å². The third-order valence-electron chi connectivity index (χ3n) is 6.00. The number of rotatable bonds is 11. The average Bonchev–Trinajstić information content (AvgIpc) is 3.44. The lowest BCUT2D eigenvalue weighted by molar-refractivity contribution is 0.0888. The molecule has 9 heteroatoms. The largest absolute Gasteiger partial charge is 0.361 e. The normalized spacial score (nSPS) is 13.1. The Labute approximate surface area is 222 Å². The summed E-state index contributed by atoms with van der Waals surface area (Å²) in [6, 6.07) is 13.5. The summed E-state index contributed by atoms with van der Waals surface area (Å²) in [5.74, 6) is 2.63. The van der Waals surface area contributed by atoms with E-state index in [1.54, 1.807) is 4.57 Å². The van der Waals surface area contributed by atoms with Gasteiger partial charge >= 0.3 is 4.87 Å². The van der Waals surface area contributed by atoms with Crippen molar-refractivity contribution in [3.63, 3.8) is 0 Å². The fourth-order valence-electron chi connectivity index (χ4n) is 3.73. The molecule has 3 heterocycles. The standard InChI is InChI=1S/C27H36N4O2S2Si/c1-19(2)17-34-22-8-10-26(28-16-22)31-12-11-23(29-31)20(3)21-7-9-24-25(15-21)35-27(32)30(24)18-33-13-14-36(4,5)6/h7-12,15-16,19-20H,13-14,17-18H2,1-6H3. The Balaban J connectivity index is 1.46. The zero-order chi connectivity index (χ0) is 25.9. The van der Waals surface area contributed by atoms with E-state index in [1.165, 1.54) is 16.2 Å². The predicted molar refractivity (Wildman–Crippen MR) is 155 cm³/mol. The van der Waals surface area contributed by atoms with Crippen molar-refractivity contribution in [1.82, 2.24) is 19.3 Å². The highest BCUT2D eigenvalue weighted by Crippen LogP contribution is 2.28. The molecule has 0 N–H and O–H groups in total. The molecule has 0 aliphatic heterocycles. The van der Waals surface area contributed by atoms with Crippen molar-refractivity contribution in [3.05, 3.63) is 69.7 Å². The first-order valence-electron chi connectivity index (χ1n) is 12.5. The molecular formula is C27H36N4O2S2Si. The Kier molecular flexibility index (Phi) is 8.54.